The molecule has 2 N–H and O–H groups in total. The van der Waals surface area contributed by atoms with Gasteiger partial charge in [0.15, 0.2) is 11.5 Å². The molecule has 1 aromatic heterocycles. The summed E-state index contributed by atoms with van der Waals surface area (Å²) in [5.74, 6) is 0.838. The quantitative estimate of drug-likeness (QED) is 0.423. The largest absolute Gasteiger partial charge is 0.486 e. The number of amides is 2. The third-order valence-electron chi connectivity index (χ3n) is 5.09. The summed E-state index contributed by atoms with van der Waals surface area (Å²) in [4.78, 5) is 26.3. The average Bonchev–Trinajstić information content (AvgIpc) is 3.32. The zero-order valence-electron chi connectivity index (χ0n) is 18.3. The lowest BCUT2D eigenvalue weighted by atomic mass is 10.1. The van der Waals surface area contributed by atoms with E-state index in [1.165, 1.54) is 4.80 Å². The predicted octanol–water partition coefficient (Wildman–Crippen LogP) is 3.66. The number of tetrazole rings is 1. The molecule has 1 aliphatic rings. The molecule has 5 rings (SSSR count). The van der Waals surface area contributed by atoms with Crippen molar-refractivity contribution >= 4 is 34.8 Å². The number of carbonyl (C=O) groups excluding carboxylic acids is 2. The van der Waals surface area contributed by atoms with Crippen LogP contribution in [0.1, 0.15) is 10.4 Å². The second kappa shape index (κ2) is 9.82. The van der Waals surface area contributed by atoms with Crippen LogP contribution in [0.2, 0.25) is 5.02 Å². The summed E-state index contributed by atoms with van der Waals surface area (Å²) in [6.07, 6.45) is 0. The maximum absolute atomic E-state index is 12.6. The second-order valence-electron chi connectivity index (χ2n) is 7.56. The van der Waals surface area contributed by atoms with Gasteiger partial charge in [-0.2, -0.15) is 4.80 Å². The monoisotopic (exact) mass is 490 g/mol. The highest BCUT2D eigenvalue weighted by Crippen LogP contribution is 2.32. The molecule has 0 radical (unpaired) electrons. The van der Waals surface area contributed by atoms with Gasteiger partial charge in [0.25, 0.3) is 5.91 Å². The number of para-hydroxylation sites is 1. The Morgan fingerprint density at radius 1 is 0.943 bits per heavy atom. The Labute approximate surface area is 204 Å². The summed E-state index contributed by atoms with van der Waals surface area (Å²) in [6, 6.07) is 18.8. The van der Waals surface area contributed by atoms with Gasteiger partial charge in [-0.1, -0.05) is 23.7 Å². The second-order valence-corrected chi connectivity index (χ2v) is 7.99. The van der Waals surface area contributed by atoms with Crippen LogP contribution in [0.15, 0.2) is 66.7 Å². The highest BCUT2D eigenvalue weighted by molar-refractivity contribution is 6.30. The normalized spacial score (nSPS) is 12.1. The van der Waals surface area contributed by atoms with E-state index in [0.717, 1.165) is 0 Å². The van der Waals surface area contributed by atoms with E-state index < -0.39 is 0 Å². The number of rotatable bonds is 6. The van der Waals surface area contributed by atoms with Crippen molar-refractivity contribution in [2.45, 2.75) is 6.54 Å². The summed E-state index contributed by atoms with van der Waals surface area (Å²) >= 11 is 5.90. The highest BCUT2D eigenvalue weighted by atomic mass is 35.5. The molecule has 3 aromatic carbocycles. The summed E-state index contributed by atoms with van der Waals surface area (Å²) in [6.45, 7) is 0.797. The van der Waals surface area contributed by atoms with Crippen LogP contribution in [0.5, 0.6) is 11.5 Å². The molecule has 35 heavy (non-hydrogen) atoms. The first-order valence-electron chi connectivity index (χ1n) is 10.7. The molecule has 0 fully saturated rings. The Balaban J connectivity index is 1.27. The van der Waals surface area contributed by atoms with Gasteiger partial charge in [0.2, 0.25) is 11.7 Å². The Morgan fingerprint density at radius 2 is 1.71 bits per heavy atom. The van der Waals surface area contributed by atoms with Crippen LogP contribution in [-0.2, 0) is 11.3 Å². The molecular formula is C24H19ClN6O4. The minimum Gasteiger partial charge on any atom is -0.486 e. The van der Waals surface area contributed by atoms with Crippen LogP contribution in [0, 0.1) is 0 Å². The lowest BCUT2D eigenvalue weighted by molar-refractivity contribution is -0.117. The molecule has 11 heteroatoms. The molecule has 0 spiro atoms. The molecule has 1 aliphatic heterocycles. The lowest BCUT2D eigenvalue weighted by Crippen LogP contribution is -2.21. The fourth-order valence-corrected chi connectivity index (χ4v) is 3.58. The van der Waals surface area contributed by atoms with E-state index in [1.807, 2.05) is 0 Å². The van der Waals surface area contributed by atoms with Gasteiger partial charge >= 0.3 is 0 Å². The number of aromatic nitrogens is 4. The molecule has 0 unspecified atom stereocenters. The fraction of sp³-hybridized carbons (Fsp3) is 0.125. The number of benzene rings is 3. The van der Waals surface area contributed by atoms with Crippen LogP contribution in [0.25, 0.3) is 11.4 Å². The number of nitrogens with zero attached hydrogens (tertiary/aromatic N) is 4. The number of nitrogens with one attached hydrogen (secondary N) is 2. The molecule has 4 aromatic rings. The first kappa shape index (κ1) is 22.4. The minimum absolute atomic E-state index is 0.152. The fourth-order valence-electron chi connectivity index (χ4n) is 3.45. The summed E-state index contributed by atoms with van der Waals surface area (Å²) < 4.78 is 11.0. The summed E-state index contributed by atoms with van der Waals surface area (Å²) in [7, 11) is 0. The third kappa shape index (κ3) is 5.22. The lowest BCUT2D eigenvalue weighted by Gasteiger charge is -2.18. The van der Waals surface area contributed by atoms with E-state index in [0.29, 0.717) is 52.2 Å². The number of fused-ring (bicyclic) bond motifs is 1. The van der Waals surface area contributed by atoms with Gasteiger partial charge in [-0.15, -0.1) is 10.2 Å². The van der Waals surface area contributed by atoms with Crippen molar-refractivity contribution in [2.75, 3.05) is 23.8 Å². The van der Waals surface area contributed by atoms with E-state index in [4.69, 9.17) is 21.1 Å². The van der Waals surface area contributed by atoms with E-state index in [9.17, 15) is 9.59 Å². The van der Waals surface area contributed by atoms with Gasteiger partial charge in [-0.05, 0) is 53.7 Å². The number of ether oxygens (including phenoxy) is 2. The standard InChI is InChI=1S/C24H19ClN6O4/c25-16-7-5-15(6-8-16)24(33)27-19-4-2-1-3-18(19)23-28-30-31(29-23)14-22(32)26-17-9-10-20-21(13-17)35-12-11-34-20/h1-10,13H,11-12,14H2,(H,26,32)(H,27,33). The van der Waals surface area contributed by atoms with Crippen LogP contribution >= 0.6 is 11.6 Å². The zero-order valence-corrected chi connectivity index (χ0v) is 19.0. The first-order chi connectivity index (χ1) is 17.0. The average molecular weight is 491 g/mol. The van der Waals surface area contributed by atoms with Crippen molar-refractivity contribution in [3.05, 3.63) is 77.3 Å². The van der Waals surface area contributed by atoms with Gasteiger partial charge in [0.1, 0.15) is 19.8 Å². The van der Waals surface area contributed by atoms with Crippen molar-refractivity contribution in [2.24, 2.45) is 0 Å². The van der Waals surface area contributed by atoms with E-state index >= 15 is 0 Å². The molecule has 0 saturated carbocycles. The molecule has 0 atom stereocenters. The number of carbonyl (C=O) groups is 2. The van der Waals surface area contributed by atoms with Crippen LogP contribution < -0.4 is 20.1 Å². The third-order valence-corrected chi connectivity index (χ3v) is 5.34. The Hall–Kier alpha value is -4.44. The van der Waals surface area contributed by atoms with Crippen molar-refractivity contribution < 1.29 is 19.1 Å². The predicted molar refractivity (Wildman–Crippen MR) is 129 cm³/mol. The molecule has 10 nitrogen and oxygen atoms in total. The molecule has 0 aliphatic carbocycles. The minimum atomic E-state index is -0.338. The van der Waals surface area contributed by atoms with Gasteiger partial charge in [0.05, 0.1) is 5.69 Å². The Kier molecular flexibility index (Phi) is 6.27. The highest BCUT2D eigenvalue weighted by Gasteiger charge is 2.16. The number of hydrogen-bond acceptors (Lipinski definition) is 7. The number of halogens is 1. The Morgan fingerprint density at radius 3 is 2.54 bits per heavy atom. The van der Waals surface area contributed by atoms with E-state index in [1.54, 1.807) is 66.7 Å². The molecule has 2 amide bonds. The van der Waals surface area contributed by atoms with Crippen LogP contribution in [0.4, 0.5) is 11.4 Å². The maximum Gasteiger partial charge on any atom is 0.255 e. The van der Waals surface area contributed by atoms with E-state index in [2.05, 4.69) is 26.0 Å². The van der Waals surface area contributed by atoms with Crippen molar-refractivity contribution in [3.63, 3.8) is 0 Å². The SMILES string of the molecule is O=C(Cn1nnc(-c2ccccc2NC(=O)c2ccc(Cl)cc2)n1)Nc1ccc2c(c1)OCCO2. The number of anilines is 2. The maximum atomic E-state index is 12.6. The van der Waals surface area contributed by atoms with Crippen LogP contribution in [0.3, 0.4) is 0 Å². The van der Waals surface area contributed by atoms with Gasteiger partial charge < -0.3 is 20.1 Å². The summed E-state index contributed by atoms with van der Waals surface area (Å²) in [5, 5.41) is 18.5. The molecule has 0 bridgehead atoms. The molecule has 0 saturated heterocycles. The van der Waals surface area contributed by atoms with Crippen molar-refractivity contribution in [1.29, 1.82) is 0 Å². The van der Waals surface area contributed by atoms with Crippen molar-refractivity contribution in [3.8, 4) is 22.9 Å². The molecular weight excluding hydrogens is 472 g/mol. The van der Waals surface area contributed by atoms with Gasteiger partial charge in [-0.3, -0.25) is 9.59 Å². The van der Waals surface area contributed by atoms with Crippen molar-refractivity contribution in [1.82, 2.24) is 20.2 Å². The first-order valence-corrected chi connectivity index (χ1v) is 11.1. The summed E-state index contributed by atoms with van der Waals surface area (Å²) in [5.41, 5.74) is 2.09. The van der Waals surface area contributed by atoms with E-state index in [-0.39, 0.29) is 24.2 Å². The smallest absolute Gasteiger partial charge is 0.255 e. The molecule has 2 heterocycles. The number of hydrogen-bond donors (Lipinski definition) is 2. The van der Waals surface area contributed by atoms with Gasteiger partial charge in [0, 0.05) is 27.9 Å². The Bertz CT molecular complexity index is 1390. The van der Waals surface area contributed by atoms with Gasteiger partial charge in [-0.25, -0.2) is 0 Å². The topological polar surface area (TPSA) is 120 Å². The van der Waals surface area contributed by atoms with Crippen LogP contribution in [-0.4, -0.2) is 45.2 Å². The molecule has 176 valence electrons. The zero-order chi connectivity index (χ0) is 24.2.